The molecule has 110 valence electrons. The third-order valence-electron chi connectivity index (χ3n) is 3.54. The zero-order chi connectivity index (χ0) is 15.7. The van der Waals surface area contributed by atoms with Gasteiger partial charge in [0.1, 0.15) is 0 Å². The van der Waals surface area contributed by atoms with Crippen molar-refractivity contribution in [2.45, 2.75) is 6.92 Å². The van der Waals surface area contributed by atoms with Crippen LogP contribution in [0.1, 0.15) is 5.69 Å². The molecule has 3 rings (SSSR count). The minimum Gasteiger partial charge on any atom is -0.319 e. The van der Waals surface area contributed by atoms with Crippen LogP contribution in [-0.2, 0) is 0 Å². The maximum Gasteiger partial charge on any atom is 0.269 e. The van der Waals surface area contributed by atoms with Crippen LogP contribution in [0.25, 0.3) is 16.8 Å². The van der Waals surface area contributed by atoms with Crippen molar-refractivity contribution in [3.8, 4) is 16.8 Å². The van der Waals surface area contributed by atoms with E-state index >= 15 is 0 Å². The summed E-state index contributed by atoms with van der Waals surface area (Å²) in [5.74, 6) is 0. The van der Waals surface area contributed by atoms with E-state index in [1.165, 1.54) is 12.1 Å². The Morgan fingerprint density at radius 3 is 2.36 bits per heavy atom. The lowest BCUT2D eigenvalue weighted by atomic mass is 10.1. The number of aromatic nitrogens is 1. The molecule has 0 bridgehead atoms. The van der Waals surface area contributed by atoms with E-state index < -0.39 is 4.92 Å². The number of benzene rings is 2. The highest BCUT2D eigenvalue weighted by Gasteiger charge is 2.10. The van der Waals surface area contributed by atoms with E-state index in [1.54, 1.807) is 12.1 Å². The minimum absolute atomic E-state index is 0.0889. The Morgan fingerprint density at radius 1 is 1.05 bits per heavy atom. The number of halogens is 1. The van der Waals surface area contributed by atoms with Crippen LogP contribution in [-0.4, -0.2) is 9.49 Å². The van der Waals surface area contributed by atoms with Crippen molar-refractivity contribution in [3.05, 3.63) is 81.6 Å². The quantitative estimate of drug-likeness (QED) is 0.504. The largest absolute Gasteiger partial charge is 0.319 e. The molecule has 0 unspecified atom stereocenters. The maximum absolute atomic E-state index is 10.7. The summed E-state index contributed by atoms with van der Waals surface area (Å²) in [5.41, 5.74) is 3.97. The molecule has 0 spiro atoms. The maximum atomic E-state index is 10.7. The van der Waals surface area contributed by atoms with Gasteiger partial charge in [0.2, 0.25) is 0 Å². The van der Waals surface area contributed by atoms with Gasteiger partial charge in [-0.2, -0.15) is 0 Å². The predicted molar refractivity (Wildman–Crippen MR) is 87.6 cm³/mol. The first-order valence-electron chi connectivity index (χ1n) is 6.75. The van der Waals surface area contributed by atoms with E-state index in [-0.39, 0.29) is 5.69 Å². The Balaban J connectivity index is 2.02. The average molecular weight is 313 g/mol. The Kier molecular flexibility index (Phi) is 3.69. The summed E-state index contributed by atoms with van der Waals surface area (Å²) in [7, 11) is 0. The number of nitro benzene ring substituents is 1. The first-order valence-corrected chi connectivity index (χ1v) is 7.13. The summed E-state index contributed by atoms with van der Waals surface area (Å²) in [6, 6.07) is 16.2. The van der Waals surface area contributed by atoms with Gasteiger partial charge in [0.05, 0.1) is 15.6 Å². The highest BCUT2D eigenvalue weighted by atomic mass is 35.5. The fraction of sp³-hybridized carbons (Fsp3) is 0.0588. The van der Waals surface area contributed by atoms with Crippen molar-refractivity contribution in [2.24, 2.45) is 0 Å². The fourth-order valence-corrected chi connectivity index (χ4v) is 2.64. The van der Waals surface area contributed by atoms with Crippen molar-refractivity contribution in [2.75, 3.05) is 0 Å². The van der Waals surface area contributed by atoms with Crippen LogP contribution in [0.2, 0.25) is 5.02 Å². The summed E-state index contributed by atoms with van der Waals surface area (Å²) >= 11 is 6.25. The van der Waals surface area contributed by atoms with E-state index in [9.17, 15) is 10.1 Å². The number of hydrogen-bond donors (Lipinski definition) is 0. The Morgan fingerprint density at radius 2 is 1.73 bits per heavy atom. The molecule has 2 aromatic carbocycles. The normalized spacial score (nSPS) is 10.6. The number of nitrogens with zero attached hydrogens (tertiary/aromatic N) is 2. The van der Waals surface area contributed by atoms with Crippen molar-refractivity contribution in [3.63, 3.8) is 0 Å². The molecule has 0 saturated heterocycles. The first-order chi connectivity index (χ1) is 10.6. The number of rotatable bonds is 3. The molecule has 1 heterocycles. The topological polar surface area (TPSA) is 48.1 Å². The minimum atomic E-state index is -0.399. The van der Waals surface area contributed by atoms with Gasteiger partial charge in [-0.15, -0.1) is 0 Å². The molecule has 0 N–H and O–H groups in total. The van der Waals surface area contributed by atoms with E-state index in [2.05, 4.69) is 0 Å². The van der Waals surface area contributed by atoms with E-state index in [4.69, 9.17) is 11.6 Å². The highest BCUT2D eigenvalue weighted by molar-refractivity contribution is 6.32. The zero-order valence-electron chi connectivity index (χ0n) is 11.9. The van der Waals surface area contributed by atoms with Gasteiger partial charge in [-0.1, -0.05) is 23.7 Å². The second kappa shape index (κ2) is 5.66. The van der Waals surface area contributed by atoms with Gasteiger partial charge in [0.25, 0.3) is 5.69 Å². The lowest BCUT2D eigenvalue weighted by Crippen LogP contribution is -1.94. The predicted octanol–water partition coefficient (Wildman–Crippen LogP) is 5.01. The molecule has 0 saturated carbocycles. The molecule has 5 heteroatoms. The van der Waals surface area contributed by atoms with Crippen LogP contribution in [0, 0.1) is 17.0 Å². The third kappa shape index (κ3) is 2.61. The Bertz CT molecular complexity index is 838. The number of non-ortho nitro benzene ring substituents is 1. The van der Waals surface area contributed by atoms with Gasteiger partial charge in [-0.3, -0.25) is 10.1 Å². The van der Waals surface area contributed by atoms with Crippen LogP contribution >= 0.6 is 11.6 Å². The van der Waals surface area contributed by atoms with E-state index in [1.807, 2.05) is 48.0 Å². The van der Waals surface area contributed by atoms with E-state index in [0.29, 0.717) is 5.02 Å². The van der Waals surface area contributed by atoms with Gasteiger partial charge < -0.3 is 4.57 Å². The van der Waals surface area contributed by atoms with Crippen LogP contribution in [0.15, 0.2) is 60.8 Å². The summed E-state index contributed by atoms with van der Waals surface area (Å²) in [6.07, 6.45) is 1.98. The van der Waals surface area contributed by atoms with Gasteiger partial charge >= 0.3 is 0 Å². The molecule has 22 heavy (non-hydrogen) atoms. The molecular formula is C17H13ClN2O2. The summed E-state index contributed by atoms with van der Waals surface area (Å²) in [5, 5.41) is 11.4. The standard InChI is InChI=1S/C17H13ClN2O2/c1-12-10-14(13-6-8-15(9-7-13)20(21)22)11-19(12)17-5-3-2-4-16(17)18/h2-11H,1H3. The average Bonchev–Trinajstić information content (AvgIpc) is 2.90. The van der Waals surface area contributed by atoms with Crippen molar-refractivity contribution in [1.29, 1.82) is 0 Å². The number of aryl methyl sites for hydroxylation is 1. The molecule has 4 nitrogen and oxygen atoms in total. The Hall–Kier alpha value is -2.59. The lowest BCUT2D eigenvalue weighted by Gasteiger charge is -2.07. The molecule has 0 radical (unpaired) electrons. The van der Waals surface area contributed by atoms with Crippen LogP contribution < -0.4 is 0 Å². The third-order valence-corrected chi connectivity index (χ3v) is 3.86. The molecule has 0 aliphatic carbocycles. The van der Waals surface area contributed by atoms with Crippen LogP contribution in [0.3, 0.4) is 0 Å². The number of nitro groups is 1. The summed E-state index contributed by atoms with van der Waals surface area (Å²) in [4.78, 5) is 10.3. The molecule has 0 aliphatic rings. The molecule has 0 atom stereocenters. The summed E-state index contributed by atoms with van der Waals surface area (Å²) < 4.78 is 2.01. The highest BCUT2D eigenvalue weighted by Crippen LogP contribution is 2.28. The van der Waals surface area contributed by atoms with Crippen LogP contribution in [0.5, 0.6) is 0 Å². The second-order valence-electron chi connectivity index (χ2n) is 5.00. The molecule has 3 aromatic rings. The van der Waals surface area contributed by atoms with Gasteiger partial charge in [0.15, 0.2) is 0 Å². The monoisotopic (exact) mass is 312 g/mol. The van der Waals surface area contributed by atoms with Gasteiger partial charge in [-0.25, -0.2) is 0 Å². The number of para-hydroxylation sites is 1. The Labute approximate surface area is 132 Å². The summed E-state index contributed by atoms with van der Waals surface area (Å²) in [6.45, 7) is 2.00. The lowest BCUT2D eigenvalue weighted by molar-refractivity contribution is -0.384. The molecular weight excluding hydrogens is 300 g/mol. The van der Waals surface area contributed by atoms with Gasteiger partial charge in [0, 0.05) is 29.6 Å². The first kappa shape index (κ1) is 14.4. The molecule has 1 aromatic heterocycles. The van der Waals surface area contributed by atoms with E-state index in [0.717, 1.165) is 22.5 Å². The smallest absolute Gasteiger partial charge is 0.269 e. The van der Waals surface area contributed by atoms with Crippen molar-refractivity contribution < 1.29 is 4.92 Å². The van der Waals surface area contributed by atoms with Crippen molar-refractivity contribution in [1.82, 2.24) is 4.57 Å². The number of hydrogen-bond acceptors (Lipinski definition) is 2. The fourth-order valence-electron chi connectivity index (χ4n) is 2.41. The van der Waals surface area contributed by atoms with Gasteiger partial charge in [-0.05, 0) is 42.8 Å². The van der Waals surface area contributed by atoms with Crippen LogP contribution in [0.4, 0.5) is 5.69 Å². The molecule has 0 amide bonds. The molecule has 0 fully saturated rings. The molecule has 0 aliphatic heterocycles. The zero-order valence-corrected chi connectivity index (χ0v) is 12.6. The second-order valence-corrected chi connectivity index (χ2v) is 5.40. The van der Waals surface area contributed by atoms with Crippen molar-refractivity contribution >= 4 is 17.3 Å². The SMILES string of the molecule is Cc1cc(-c2ccc([N+](=O)[O-])cc2)cn1-c1ccccc1Cl.